The molecule has 1 aliphatic carbocycles. The molecule has 0 radical (unpaired) electrons. The van der Waals surface area contributed by atoms with E-state index in [0.29, 0.717) is 16.6 Å². The summed E-state index contributed by atoms with van der Waals surface area (Å²) in [4.78, 5) is 0. The Hall–Kier alpha value is -1.24. The van der Waals surface area contributed by atoms with Crippen LogP contribution in [0.2, 0.25) is 5.02 Å². The summed E-state index contributed by atoms with van der Waals surface area (Å²) >= 11 is 6.00. The van der Waals surface area contributed by atoms with Crippen LogP contribution in [0.4, 0.5) is 0 Å². The second kappa shape index (κ2) is 6.08. The summed E-state index contributed by atoms with van der Waals surface area (Å²) in [5, 5.41) is 12.6. The smallest absolute Gasteiger partial charge is 0.121 e. The average molecular weight is 265 g/mol. The molecule has 1 saturated carbocycles. The molecule has 2 unspecified atom stereocenters. The minimum atomic E-state index is 0.188. The van der Waals surface area contributed by atoms with Crippen LogP contribution < -0.4 is 10.1 Å². The second-order valence-corrected chi connectivity index (χ2v) is 5.00. The lowest BCUT2D eigenvalue weighted by atomic mass is 9.92. The van der Waals surface area contributed by atoms with Gasteiger partial charge >= 0.3 is 0 Å². The summed E-state index contributed by atoms with van der Waals surface area (Å²) in [5.74, 6) is 0.742. The van der Waals surface area contributed by atoms with Gasteiger partial charge in [0.25, 0.3) is 0 Å². The van der Waals surface area contributed by atoms with E-state index in [1.807, 2.05) is 19.2 Å². The highest BCUT2D eigenvalue weighted by Gasteiger charge is 2.25. The number of nitriles is 1. The van der Waals surface area contributed by atoms with Crippen LogP contribution in [0, 0.1) is 11.3 Å². The van der Waals surface area contributed by atoms with Crippen molar-refractivity contribution in [2.45, 2.75) is 37.8 Å². The summed E-state index contributed by atoms with van der Waals surface area (Å²) in [5.41, 5.74) is 0.484. The van der Waals surface area contributed by atoms with Crippen molar-refractivity contribution in [3.05, 3.63) is 28.8 Å². The number of hydrogen-bond acceptors (Lipinski definition) is 3. The number of hydrogen-bond donors (Lipinski definition) is 1. The van der Waals surface area contributed by atoms with Crippen molar-refractivity contribution < 1.29 is 4.74 Å². The summed E-state index contributed by atoms with van der Waals surface area (Å²) in [6.07, 6.45) is 4.84. The molecular weight excluding hydrogens is 248 g/mol. The topological polar surface area (TPSA) is 45.0 Å². The molecule has 1 aromatic carbocycles. The summed E-state index contributed by atoms with van der Waals surface area (Å²) in [6.45, 7) is 0. The van der Waals surface area contributed by atoms with Crippen LogP contribution in [-0.4, -0.2) is 19.2 Å². The molecule has 0 saturated heterocycles. The molecule has 0 heterocycles. The van der Waals surface area contributed by atoms with Gasteiger partial charge in [-0.1, -0.05) is 18.0 Å². The van der Waals surface area contributed by atoms with E-state index in [1.165, 1.54) is 12.8 Å². The maximum atomic E-state index is 8.83. The summed E-state index contributed by atoms with van der Waals surface area (Å²) in [6, 6.07) is 7.68. The Balaban J connectivity index is 2.08. The van der Waals surface area contributed by atoms with E-state index in [4.69, 9.17) is 21.6 Å². The molecule has 96 valence electrons. The van der Waals surface area contributed by atoms with Crippen molar-refractivity contribution in [3.8, 4) is 11.8 Å². The van der Waals surface area contributed by atoms with E-state index >= 15 is 0 Å². The van der Waals surface area contributed by atoms with Crippen LogP contribution in [-0.2, 0) is 0 Å². The van der Waals surface area contributed by atoms with E-state index in [0.717, 1.165) is 18.6 Å². The van der Waals surface area contributed by atoms with E-state index in [2.05, 4.69) is 5.32 Å². The highest BCUT2D eigenvalue weighted by molar-refractivity contribution is 6.31. The molecule has 0 aromatic heterocycles. The number of ether oxygens (including phenoxy) is 1. The number of halogens is 1. The second-order valence-electron chi connectivity index (χ2n) is 4.59. The standard InChI is InChI=1S/C14H17ClN2O/c1-17-13-4-2-3-5-14(13)18-11-7-6-10(9-16)12(15)8-11/h6-8,13-14,17H,2-5H2,1H3. The quantitative estimate of drug-likeness (QED) is 0.912. The fourth-order valence-corrected chi connectivity index (χ4v) is 2.62. The molecule has 1 aliphatic rings. The fraction of sp³-hybridized carbons (Fsp3) is 0.500. The maximum Gasteiger partial charge on any atom is 0.121 e. The SMILES string of the molecule is CNC1CCCCC1Oc1ccc(C#N)c(Cl)c1. The lowest BCUT2D eigenvalue weighted by Crippen LogP contribution is -2.43. The first-order chi connectivity index (χ1) is 8.74. The van der Waals surface area contributed by atoms with Crippen LogP contribution in [0.15, 0.2) is 18.2 Å². The number of nitrogens with zero attached hydrogens (tertiary/aromatic N) is 1. The van der Waals surface area contributed by atoms with Gasteiger partial charge in [0.05, 0.1) is 10.6 Å². The maximum absolute atomic E-state index is 8.83. The molecule has 0 bridgehead atoms. The Morgan fingerprint density at radius 1 is 1.39 bits per heavy atom. The van der Waals surface area contributed by atoms with E-state index in [-0.39, 0.29) is 6.10 Å². The highest BCUT2D eigenvalue weighted by atomic mass is 35.5. The molecule has 1 aromatic rings. The molecule has 3 nitrogen and oxygen atoms in total. The minimum Gasteiger partial charge on any atom is -0.489 e. The van der Waals surface area contributed by atoms with Gasteiger partial charge in [0, 0.05) is 12.1 Å². The molecular formula is C14H17ClN2O. The molecule has 0 aliphatic heterocycles. The zero-order valence-corrected chi connectivity index (χ0v) is 11.2. The van der Waals surface area contributed by atoms with Crippen molar-refractivity contribution in [2.75, 3.05) is 7.05 Å². The van der Waals surface area contributed by atoms with Gasteiger partial charge in [-0.05, 0) is 38.4 Å². The first-order valence-corrected chi connectivity index (χ1v) is 6.66. The van der Waals surface area contributed by atoms with Crippen molar-refractivity contribution >= 4 is 11.6 Å². The zero-order valence-electron chi connectivity index (χ0n) is 10.4. The molecule has 0 spiro atoms. The Morgan fingerprint density at radius 3 is 2.83 bits per heavy atom. The Labute approximate surface area is 113 Å². The van der Waals surface area contributed by atoms with Gasteiger partial charge in [-0.3, -0.25) is 0 Å². The Bertz CT molecular complexity index is 456. The van der Waals surface area contributed by atoms with E-state index in [1.54, 1.807) is 12.1 Å². The highest BCUT2D eigenvalue weighted by Crippen LogP contribution is 2.27. The van der Waals surface area contributed by atoms with Crippen LogP contribution in [0.25, 0.3) is 0 Å². The fourth-order valence-electron chi connectivity index (χ4n) is 2.40. The first kappa shape index (κ1) is 13.2. The predicted molar refractivity (Wildman–Crippen MR) is 71.9 cm³/mol. The average Bonchev–Trinajstić information content (AvgIpc) is 2.39. The third-order valence-electron chi connectivity index (χ3n) is 3.42. The largest absolute Gasteiger partial charge is 0.489 e. The van der Waals surface area contributed by atoms with Gasteiger partial charge in [0.15, 0.2) is 0 Å². The van der Waals surface area contributed by atoms with Gasteiger partial charge in [0.1, 0.15) is 17.9 Å². The molecule has 1 fully saturated rings. The molecule has 0 amide bonds. The molecule has 18 heavy (non-hydrogen) atoms. The minimum absolute atomic E-state index is 0.188. The van der Waals surface area contributed by atoms with E-state index in [9.17, 15) is 0 Å². The number of benzene rings is 1. The summed E-state index contributed by atoms with van der Waals surface area (Å²) < 4.78 is 5.98. The van der Waals surface area contributed by atoms with Gasteiger partial charge in [-0.2, -0.15) is 5.26 Å². The van der Waals surface area contributed by atoms with Crippen molar-refractivity contribution in [1.82, 2.24) is 5.32 Å². The summed E-state index contributed by atoms with van der Waals surface area (Å²) in [7, 11) is 1.97. The van der Waals surface area contributed by atoms with Gasteiger partial charge in [0.2, 0.25) is 0 Å². The van der Waals surface area contributed by atoms with Gasteiger partial charge < -0.3 is 10.1 Å². The Morgan fingerprint density at radius 2 is 2.17 bits per heavy atom. The van der Waals surface area contributed by atoms with Crippen LogP contribution in [0.3, 0.4) is 0 Å². The Kier molecular flexibility index (Phi) is 4.46. The van der Waals surface area contributed by atoms with Crippen LogP contribution in [0.1, 0.15) is 31.2 Å². The molecule has 4 heteroatoms. The normalized spacial score (nSPS) is 23.4. The van der Waals surface area contributed by atoms with Crippen LogP contribution in [0.5, 0.6) is 5.75 Å². The third kappa shape index (κ3) is 2.95. The van der Waals surface area contributed by atoms with Crippen LogP contribution >= 0.6 is 11.6 Å². The molecule has 2 rings (SSSR count). The number of nitrogens with one attached hydrogen (secondary N) is 1. The predicted octanol–water partition coefficient (Wildman–Crippen LogP) is 3.12. The molecule has 1 N–H and O–H groups in total. The third-order valence-corrected chi connectivity index (χ3v) is 3.73. The monoisotopic (exact) mass is 264 g/mol. The number of likely N-dealkylation sites (N-methyl/N-ethyl adjacent to an activating group) is 1. The van der Waals surface area contributed by atoms with Crippen molar-refractivity contribution in [1.29, 1.82) is 5.26 Å². The van der Waals surface area contributed by atoms with Gasteiger partial charge in [-0.25, -0.2) is 0 Å². The first-order valence-electron chi connectivity index (χ1n) is 6.28. The van der Waals surface area contributed by atoms with E-state index < -0.39 is 0 Å². The lowest BCUT2D eigenvalue weighted by Gasteiger charge is -2.31. The van der Waals surface area contributed by atoms with Gasteiger partial charge in [-0.15, -0.1) is 0 Å². The molecule has 2 atom stereocenters. The number of rotatable bonds is 3. The van der Waals surface area contributed by atoms with Crippen molar-refractivity contribution in [2.24, 2.45) is 0 Å². The lowest BCUT2D eigenvalue weighted by molar-refractivity contribution is 0.118. The van der Waals surface area contributed by atoms with Crippen molar-refractivity contribution in [3.63, 3.8) is 0 Å². The zero-order chi connectivity index (χ0) is 13.0.